The van der Waals surface area contributed by atoms with Gasteiger partial charge in [0.25, 0.3) is 5.91 Å². The van der Waals surface area contributed by atoms with Crippen LogP contribution < -0.4 is 20.3 Å². The van der Waals surface area contributed by atoms with Gasteiger partial charge in [0.05, 0.1) is 48.2 Å². The molecule has 0 spiro atoms. The smallest absolute Gasteiger partial charge is 0.453 e. The van der Waals surface area contributed by atoms with E-state index in [0.717, 1.165) is 12.1 Å². The summed E-state index contributed by atoms with van der Waals surface area (Å²) in [7, 11) is 2.77. The van der Waals surface area contributed by atoms with E-state index in [2.05, 4.69) is 25.3 Å². The Morgan fingerprint density at radius 2 is 1.68 bits per heavy atom. The molecule has 0 bridgehead atoms. The Labute approximate surface area is 377 Å². The maximum Gasteiger partial charge on any atom is 0.573 e. The molecule has 5 heterocycles. The van der Waals surface area contributed by atoms with Gasteiger partial charge in [-0.1, -0.05) is 24.3 Å². The van der Waals surface area contributed by atoms with Crippen LogP contribution in [0.25, 0.3) is 22.4 Å². The fourth-order valence-electron chi connectivity index (χ4n) is 8.36. The van der Waals surface area contributed by atoms with Crippen molar-refractivity contribution in [2.24, 2.45) is 11.3 Å². The number of methoxy groups -OCH3 is 2. The van der Waals surface area contributed by atoms with E-state index in [-0.39, 0.29) is 53.7 Å². The van der Waals surface area contributed by atoms with Crippen molar-refractivity contribution in [3.63, 3.8) is 0 Å². The van der Waals surface area contributed by atoms with Gasteiger partial charge in [-0.15, -0.1) is 13.2 Å². The first-order valence-corrected chi connectivity index (χ1v) is 21.4. The quantitative estimate of drug-likeness (QED) is 0.122. The van der Waals surface area contributed by atoms with Crippen LogP contribution in [0.4, 0.5) is 33.9 Å². The van der Waals surface area contributed by atoms with Crippen LogP contribution in [0.3, 0.4) is 0 Å². The highest BCUT2D eigenvalue weighted by molar-refractivity contribution is 6.04. The number of aromatic amines is 1. The van der Waals surface area contributed by atoms with Crippen LogP contribution in [0, 0.1) is 17.2 Å². The predicted molar refractivity (Wildman–Crippen MR) is 231 cm³/mol. The number of anilines is 2. The third-order valence-corrected chi connectivity index (χ3v) is 12.2. The molecular formula is C45H52F4N8O9. The maximum atomic E-state index is 15.7. The number of alkyl halides is 3. The van der Waals surface area contributed by atoms with Crippen LogP contribution in [-0.4, -0.2) is 139 Å². The van der Waals surface area contributed by atoms with Crippen molar-refractivity contribution in [1.82, 2.24) is 30.1 Å². The highest BCUT2D eigenvalue weighted by atomic mass is 19.4. The van der Waals surface area contributed by atoms with E-state index in [4.69, 9.17) is 19.2 Å². The van der Waals surface area contributed by atoms with Crippen LogP contribution in [0.15, 0.2) is 60.9 Å². The Hall–Kier alpha value is -6.32. The van der Waals surface area contributed by atoms with Gasteiger partial charge in [-0.25, -0.2) is 19.2 Å². The number of nitrogens with zero attached hydrogens (tertiary/aromatic N) is 5. The molecule has 3 aliphatic heterocycles. The highest BCUT2D eigenvalue weighted by Gasteiger charge is 2.43. The number of imidazole rings is 1. The summed E-state index contributed by atoms with van der Waals surface area (Å²) in [4.78, 5) is 69.9. The topological polar surface area (TPSA) is 201 Å². The minimum Gasteiger partial charge on any atom is -0.453 e. The molecule has 3 saturated heterocycles. The Kier molecular flexibility index (Phi) is 14.5. The Bertz CT molecular complexity index is 2370. The number of rotatable bonds is 13. The van der Waals surface area contributed by atoms with Crippen LogP contribution in [0.2, 0.25) is 0 Å². The number of carbonyl (C=O) groups is 4. The van der Waals surface area contributed by atoms with Gasteiger partial charge in [-0.2, -0.15) is 0 Å². The molecule has 3 aliphatic rings. The first-order valence-electron chi connectivity index (χ1n) is 21.4. The number of ether oxygens (including phenoxy) is 4. The number of amides is 4. The Balaban J connectivity index is 1.05. The Morgan fingerprint density at radius 3 is 2.30 bits per heavy atom. The molecule has 4 aromatic rings. The summed E-state index contributed by atoms with van der Waals surface area (Å²) in [5, 5.41) is 14.6. The molecule has 0 saturated carbocycles. The first kappa shape index (κ1) is 47.6. The van der Waals surface area contributed by atoms with E-state index >= 15 is 4.39 Å². The minimum absolute atomic E-state index is 0.0108. The molecule has 3 atom stereocenters. The van der Waals surface area contributed by atoms with E-state index < -0.39 is 53.1 Å². The number of H-pyrrole nitrogens is 1. The molecule has 7 rings (SSSR count). The summed E-state index contributed by atoms with van der Waals surface area (Å²) in [6, 6.07) is 9.34. The number of benzene rings is 2. The van der Waals surface area contributed by atoms with Gasteiger partial charge < -0.3 is 54.4 Å². The van der Waals surface area contributed by atoms with E-state index in [1.807, 2.05) is 4.90 Å². The van der Waals surface area contributed by atoms with Crippen molar-refractivity contribution in [2.75, 3.05) is 77.0 Å². The number of carbonyl (C=O) groups excluding carboxylic acids is 4. The summed E-state index contributed by atoms with van der Waals surface area (Å²) >= 11 is 0. The third-order valence-electron chi connectivity index (χ3n) is 12.2. The molecule has 4 N–H and O–H groups in total. The summed E-state index contributed by atoms with van der Waals surface area (Å²) in [5.74, 6) is -2.31. The largest absolute Gasteiger partial charge is 0.573 e. The van der Waals surface area contributed by atoms with Crippen LogP contribution in [0.1, 0.15) is 55.3 Å². The summed E-state index contributed by atoms with van der Waals surface area (Å²) in [6.07, 6.45) is -1.78. The average Bonchev–Trinajstić information content (AvgIpc) is 4.00. The summed E-state index contributed by atoms with van der Waals surface area (Å²) in [5.41, 5.74) is -0.523. The summed E-state index contributed by atoms with van der Waals surface area (Å²) < 4.78 is 77.2. The zero-order valence-electron chi connectivity index (χ0n) is 36.8. The lowest BCUT2D eigenvalue weighted by atomic mass is 9.90. The zero-order valence-corrected chi connectivity index (χ0v) is 36.8. The van der Waals surface area contributed by atoms with Gasteiger partial charge in [-0.3, -0.25) is 14.4 Å². The molecule has 0 aliphatic carbocycles. The van der Waals surface area contributed by atoms with Crippen molar-refractivity contribution in [3.05, 3.63) is 78.1 Å². The zero-order chi connectivity index (χ0) is 47.3. The van der Waals surface area contributed by atoms with Crippen molar-refractivity contribution in [3.8, 4) is 28.1 Å². The number of pyridine rings is 1. The molecule has 4 amide bonds. The molecule has 3 unspecified atom stereocenters. The second-order valence-corrected chi connectivity index (χ2v) is 17.0. The number of halogens is 4. The minimum atomic E-state index is -5.16. The van der Waals surface area contributed by atoms with Gasteiger partial charge in [0, 0.05) is 89.1 Å². The fraction of sp³-hybridized carbons (Fsp3) is 0.467. The molecule has 2 aromatic heterocycles. The number of aliphatic hydroxyl groups is 1. The first-order chi connectivity index (χ1) is 31.5. The van der Waals surface area contributed by atoms with Crippen LogP contribution >= 0.6 is 0 Å². The van der Waals surface area contributed by atoms with E-state index in [0.29, 0.717) is 81.6 Å². The number of alkyl carbamates (subject to hydrolysis) is 1. The second-order valence-electron chi connectivity index (χ2n) is 17.0. The van der Waals surface area contributed by atoms with E-state index in [1.54, 1.807) is 55.2 Å². The van der Waals surface area contributed by atoms with Crippen LogP contribution in [0.5, 0.6) is 5.75 Å². The normalized spacial score (nSPS) is 18.8. The van der Waals surface area contributed by atoms with E-state index in [1.165, 1.54) is 31.5 Å². The summed E-state index contributed by atoms with van der Waals surface area (Å²) in [6.45, 7) is 5.91. The molecule has 354 valence electrons. The van der Waals surface area contributed by atoms with Gasteiger partial charge in [-0.05, 0) is 56.4 Å². The lowest BCUT2D eigenvalue weighted by Crippen LogP contribution is -2.53. The number of likely N-dealkylation sites (tertiary alicyclic amines) is 1. The highest BCUT2D eigenvalue weighted by Crippen LogP contribution is 2.39. The number of hydrogen-bond acceptors (Lipinski definition) is 12. The number of aliphatic hydroxyl groups excluding tert-OH is 1. The van der Waals surface area contributed by atoms with Gasteiger partial charge >= 0.3 is 12.5 Å². The molecule has 2 aromatic carbocycles. The van der Waals surface area contributed by atoms with Crippen molar-refractivity contribution >= 4 is 35.3 Å². The monoisotopic (exact) mass is 924 g/mol. The van der Waals surface area contributed by atoms with Gasteiger partial charge in [0.15, 0.2) is 0 Å². The van der Waals surface area contributed by atoms with Gasteiger partial charge in [0.1, 0.15) is 29.3 Å². The molecule has 66 heavy (non-hydrogen) atoms. The Morgan fingerprint density at radius 1 is 0.985 bits per heavy atom. The lowest BCUT2D eigenvalue weighted by Gasteiger charge is -2.38. The molecule has 3 fully saturated rings. The van der Waals surface area contributed by atoms with Gasteiger partial charge in [0.2, 0.25) is 11.8 Å². The predicted octanol–water partition coefficient (Wildman–Crippen LogP) is 5.54. The fourth-order valence-corrected chi connectivity index (χ4v) is 8.36. The number of nitrogens with one attached hydrogen (secondary N) is 3. The van der Waals surface area contributed by atoms with Crippen LogP contribution in [-0.2, 0) is 23.8 Å². The van der Waals surface area contributed by atoms with Crippen molar-refractivity contribution in [2.45, 2.75) is 57.7 Å². The second kappa shape index (κ2) is 20.0. The average molecular weight is 925 g/mol. The SMILES string of the molecule is COC(=O)NC(C(=O)N1CC(OC)CC1c1nc(-c2ccc(-c3cc(F)c(NC(=O)c4ccc(N5CCN(C(=O)C(C)(C)CO)CC5)nc4)cc3OC(F)(F)F)cc2)c[nH]1)C1CCOCC1. The number of aromatic nitrogens is 3. The maximum absolute atomic E-state index is 15.7. The molecule has 21 heteroatoms. The number of hydrogen-bond donors (Lipinski definition) is 4. The van der Waals surface area contributed by atoms with E-state index in [9.17, 15) is 37.5 Å². The third kappa shape index (κ3) is 10.9. The van der Waals surface area contributed by atoms with Crippen molar-refractivity contribution < 1.29 is 60.8 Å². The standard InChI is InChI=1S/C45H52F4N8O9/c1-44(2,25-58)42(61)56-15-13-55(14-16-56)37-10-9-29(22-50-37)40(59)53-33-21-36(66-45(47,48)49)31(20-32(33)46)26-5-7-27(8-6-26)34-23-51-39(52-34)35-19-30(63-3)24-57(35)41(60)38(54-43(62)64-4)28-11-17-65-18-12-28/h5-10,20-23,28,30,35,38,58H,11-19,24-25H2,1-4H3,(H,51,52)(H,53,59)(H,54,62). The lowest BCUT2D eigenvalue weighted by molar-refractivity contribution is -0.274. The molecule has 0 radical (unpaired) electrons. The molecule has 17 nitrogen and oxygen atoms in total. The number of piperazine rings is 1. The van der Waals surface area contributed by atoms with Crippen molar-refractivity contribution in [1.29, 1.82) is 0 Å². The molecular weight excluding hydrogens is 873 g/mol.